The van der Waals surface area contributed by atoms with E-state index in [1.54, 1.807) is 0 Å². The Hall–Kier alpha value is -5.45. The van der Waals surface area contributed by atoms with Crippen molar-refractivity contribution < 1.29 is 0 Å². The maximum atomic E-state index is 7.41. The molecular formula is C43H33N. The van der Waals surface area contributed by atoms with E-state index in [0.717, 1.165) is 12.0 Å². The quantitative estimate of drug-likeness (QED) is 0.114. The predicted molar refractivity (Wildman–Crippen MR) is 192 cm³/mol. The molecule has 44 heavy (non-hydrogen) atoms. The lowest BCUT2D eigenvalue weighted by atomic mass is 9.84. The van der Waals surface area contributed by atoms with Crippen LogP contribution >= 0.6 is 0 Å². The lowest BCUT2D eigenvalue weighted by Crippen LogP contribution is -1.92. The second kappa shape index (κ2) is 11.3. The molecule has 0 fully saturated rings. The van der Waals surface area contributed by atoms with E-state index in [1.807, 2.05) is 26.0 Å². The number of aryl methyl sites for hydroxylation is 1. The summed E-state index contributed by atoms with van der Waals surface area (Å²) in [5, 5.41) is 12.8. The lowest BCUT2D eigenvalue weighted by molar-refractivity contribution is 1.18. The Morgan fingerprint density at radius 3 is 1.64 bits per heavy atom. The number of hydrogen-bond acceptors (Lipinski definition) is 0. The topological polar surface area (TPSA) is 4.36 Å². The van der Waals surface area contributed by atoms with Gasteiger partial charge in [-0.2, -0.15) is 0 Å². The molecular weight excluding hydrogens is 530 g/mol. The molecule has 1 nitrogen and oxygen atoms in total. The Balaban J connectivity index is 0.00000153. The number of nitrogens with zero attached hydrogens (tertiary/aromatic N) is 1. The Kier molecular flexibility index (Phi) is 7.05. The van der Waals surface area contributed by atoms with Gasteiger partial charge in [-0.05, 0) is 94.2 Å². The zero-order valence-electron chi connectivity index (χ0n) is 25.4. The van der Waals surface area contributed by atoms with E-state index < -0.39 is 0 Å². The normalized spacial score (nSPS) is 11.1. The molecule has 0 aliphatic rings. The van der Waals surface area contributed by atoms with Crippen molar-refractivity contribution in [2.24, 2.45) is 0 Å². The van der Waals surface area contributed by atoms with E-state index >= 15 is 0 Å². The van der Waals surface area contributed by atoms with Crippen LogP contribution in [-0.2, 0) is 6.42 Å². The number of rotatable bonds is 3. The molecule has 0 saturated heterocycles. The fourth-order valence-electron chi connectivity index (χ4n) is 7.03. The molecule has 8 aromatic rings. The third-order valence-electron chi connectivity index (χ3n) is 8.85. The van der Waals surface area contributed by atoms with Crippen LogP contribution in [-0.4, -0.2) is 0 Å². The molecule has 8 rings (SSSR count). The van der Waals surface area contributed by atoms with Crippen molar-refractivity contribution >= 4 is 59.5 Å². The summed E-state index contributed by atoms with van der Waals surface area (Å²) in [4.78, 5) is 3.61. The van der Waals surface area contributed by atoms with Crippen LogP contribution in [0.5, 0.6) is 0 Å². The predicted octanol–water partition coefficient (Wildman–Crippen LogP) is 12.9. The van der Waals surface area contributed by atoms with Crippen LogP contribution in [0.15, 0.2) is 133 Å². The average Bonchev–Trinajstić information content (AvgIpc) is 3.10. The molecule has 0 amide bonds. The maximum absolute atomic E-state index is 7.41. The summed E-state index contributed by atoms with van der Waals surface area (Å²) in [7, 11) is 0. The summed E-state index contributed by atoms with van der Waals surface area (Å²) in [6.45, 7) is 13.7. The SMILES string of the molecule is CC.[C-]#[N+]c1ccc(-c2c3ccccc3c(-c3cccc4c3ccc3c(CC)c5ccccc5cc34)c3ccccc23)cc1. The van der Waals surface area contributed by atoms with Crippen molar-refractivity contribution in [2.45, 2.75) is 27.2 Å². The minimum absolute atomic E-state index is 0.658. The van der Waals surface area contributed by atoms with Crippen LogP contribution in [0.2, 0.25) is 0 Å². The van der Waals surface area contributed by atoms with Gasteiger partial charge in [0, 0.05) is 0 Å². The minimum Gasteiger partial charge on any atom is -0.238 e. The molecule has 0 unspecified atom stereocenters. The van der Waals surface area contributed by atoms with E-state index in [2.05, 4.69) is 133 Å². The molecule has 0 heterocycles. The van der Waals surface area contributed by atoms with Gasteiger partial charge in [0.2, 0.25) is 0 Å². The van der Waals surface area contributed by atoms with Gasteiger partial charge >= 0.3 is 0 Å². The summed E-state index contributed by atoms with van der Waals surface area (Å²) in [6.07, 6.45) is 0.997. The van der Waals surface area contributed by atoms with Crippen LogP contribution in [0.25, 0.3) is 81.0 Å². The van der Waals surface area contributed by atoms with Gasteiger partial charge in [-0.3, -0.25) is 0 Å². The maximum Gasteiger partial charge on any atom is 0.187 e. The first kappa shape index (κ1) is 27.4. The highest BCUT2D eigenvalue weighted by atomic mass is 14.6. The molecule has 0 N–H and O–H groups in total. The molecule has 0 spiro atoms. The molecule has 0 radical (unpaired) electrons. The molecule has 0 aliphatic carbocycles. The van der Waals surface area contributed by atoms with E-state index in [0.29, 0.717) is 5.69 Å². The van der Waals surface area contributed by atoms with E-state index in [-0.39, 0.29) is 0 Å². The first-order valence-corrected chi connectivity index (χ1v) is 15.5. The van der Waals surface area contributed by atoms with Crippen molar-refractivity contribution in [1.29, 1.82) is 0 Å². The van der Waals surface area contributed by atoms with Crippen LogP contribution in [0, 0.1) is 6.57 Å². The van der Waals surface area contributed by atoms with Gasteiger partial charge in [-0.25, -0.2) is 4.85 Å². The molecule has 0 aromatic heterocycles. The third kappa shape index (κ3) is 4.23. The summed E-state index contributed by atoms with van der Waals surface area (Å²) in [5.74, 6) is 0. The van der Waals surface area contributed by atoms with Crippen LogP contribution in [0.3, 0.4) is 0 Å². The Bertz CT molecular complexity index is 2330. The Labute approximate surface area is 258 Å². The number of hydrogen-bond donors (Lipinski definition) is 0. The van der Waals surface area contributed by atoms with Gasteiger partial charge in [-0.1, -0.05) is 148 Å². The Morgan fingerprint density at radius 1 is 0.477 bits per heavy atom. The average molecular weight is 564 g/mol. The van der Waals surface area contributed by atoms with Crippen LogP contribution < -0.4 is 0 Å². The zero-order chi connectivity index (χ0) is 30.2. The van der Waals surface area contributed by atoms with E-state index in [9.17, 15) is 0 Å². The highest BCUT2D eigenvalue weighted by Gasteiger charge is 2.19. The van der Waals surface area contributed by atoms with Crippen LogP contribution in [0.4, 0.5) is 5.69 Å². The second-order valence-electron chi connectivity index (χ2n) is 11.0. The van der Waals surface area contributed by atoms with Gasteiger partial charge in [0.1, 0.15) is 0 Å². The standard InChI is InChI=1S/C41H27N.C2H6/c1-3-29-30-12-5-4-11-27(30)25-39-31-17-10-18-34(33(31)24-23-32(29)39)41-37-15-8-6-13-35(37)40(36-14-7-9-16-38(36)41)26-19-21-28(42-2)22-20-26;1-2/h4-25H,3H2,1H3;1-2H3. The van der Waals surface area contributed by atoms with E-state index in [4.69, 9.17) is 6.57 Å². The number of fused-ring (bicyclic) bond motifs is 6. The molecule has 1 heteroatoms. The molecule has 0 bridgehead atoms. The van der Waals surface area contributed by atoms with Crippen molar-refractivity contribution in [3.63, 3.8) is 0 Å². The summed E-state index contributed by atoms with van der Waals surface area (Å²) in [6, 6.07) is 48.2. The van der Waals surface area contributed by atoms with Crippen LogP contribution in [0.1, 0.15) is 26.3 Å². The van der Waals surface area contributed by atoms with Gasteiger partial charge in [0.05, 0.1) is 6.57 Å². The molecule has 0 aliphatic heterocycles. The van der Waals surface area contributed by atoms with Gasteiger partial charge in [-0.15, -0.1) is 0 Å². The molecule has 0 saturated carbocycles. The highest BCUT2D eigenvalue weighted by Crippen LogP contribution is 2.46. The first-order valence-electron chi connectivity index (χ1n) is 15.5. The first-order chi connectivity index (χ1) is 21.8. The van der Waals surface area contributed by atoms with Gasteiger partial charge in [0.25, 0.3) is 0 Å². The monoisotopic (exact) mass is 563 g/mol. The lowest BCUT2D eigenvalue weighted by Gasteiger charge is -2.19. The second-order valence-corrected chi connectivity index (χ2v) is 11.0. The van der Waals surface area contributed by atoms with Crippen molar-refractivity contribution in [3.8, 4) is 22.3 Å². The summed E-state index contributed by atoms with van der Waals surface area (Å²) >= 11 is 0. The smallest absolute Gasteiger partial charge is 0.187 e. The number of benzene rings is 8. The minimum atomic E-state index is 0.658. The fraction of sp³-hybridized carbons (Fsp3) is 0.0930. The summed E-state index contributed by atoms with van der Waals surface area (Å²) < 4.78 is 0. The summed E-state index contributed by atoms with van der Waals surface area (Å²) in [5.41, 5.74) is 6.94. The highest BCUT2D eigenvalue weighted by molar-refractivity contribution is 6.25. The third-order valence-corrected chi connectivity index (χ3v) is 8.85. The van der Waals surface area contributed by atoms with Crippen molar-refractivity contribution in [2.75, 3.05) is 0 Å². The van der Waals surface area contributed by atoms with Gasteiger partial charge in [0.15, 0.2) is 5.69 Å². The Morgan fingerprint density at radius 2 is 1.02 bits per heavy atom. The van der Waals surface area contributed by atoms with Gasteiger partial charge < -0.3 is 0 Å². The zero-order valence-corrected chi connectivity index (χ0v) is 25.4. The van der Waals surface area contributed by atoms with Crippen molar-refractivity contribution in [1.82, 2.24) is 0 Å². The fourth-order valence-corrected chi connectivity index (χ4v) is 7.03. The molecule has 8 aromatic carbocycles. The van der Waals surface area contributed by atoms with E-state index in [1.165, 1.54) is 76.1 Å². The largest absolute Gasteiger partial charge is 0.238 e. The molecule has 210 valence electrons. The van der Waals surface area contributed by atoms with Crippen molar-refractivity contribution in [3.05, 3.63) is 150 Å². The molecule has 0 atom stereocenters.